The number of pyridine rings is 2. The molecule has 0 unspecified atom stereocenters. The van der Waals surface area contributed by atoms with E-state index in [0.29, 0.717) is 22.2 Å². The van der Waals surface area contributed by atoms with Gasteiger partial charge in [-0.2, -0.15) is 8.78 Å². The van der Waals surface area contributed by atoms with Crippen LogP contribution < -0.4 is 4.74 Å². The Labute approximate surface area is 169 Å². The summed E-state index contributed by atoms with van der Waals surface area (Å²) < 4.78 is 52.2. The molecule has 0 bridgehead atoms. The minimum absolute atomic E-state index is 0.147. The van der Waals surface area contributed by atoms with Gasteiger partial charge in [-0.25, -0.2) is 9.37 Å². The number of alkyl halides is 2. The average Bonchev–Trinajstić information content (AvgIpc) is 2.74. The first-order valence-electron chi connectivity index (χ1n) is 8.85. The summed E-state index contributed by atoms with van der Waals surface area (Å²) in [5.41, 5.74) is 1.33. The average molecular weight is 412 g/mol. The van der Waals surface area contributed by atoms with E-state index in [0.717, 1.165) is 6.07 Å². The largest absolute Gasteiger partial charge is 0.437 e. The molecular formula is C21H15F3N4O2. The summed E-state index contributed by atoms with van der Waals surface area (Å²) in [6.45, 7) is -0.779. The predicted molar refractivity (Wildman–Crippen MR) is 103 cm³/mol. The summed E-state index contributed by atoms with van der Waals surface area (Å²) in [6, 6.07) is 8.47. The predicted octanol–water partition coefficient (Wildman–Crippen LogP) is 4.76. The number of nitrogens with zero attached hydrogens (tertiary/aromatic N) is 4. The van der Waals surface area contributed by atoms with Gasteiger partial charge in [-0.15, -0.1) is 0 Å². The third-order valence-electron chi connectivity index (χ3n) is 4.25. The number of benzene rings is 1. The van der Waals surface area contributed by atoms with Crippen molar-refractivity contribution in [2.45, 2.75) is 5.92 Å². The zero-order chi connectivity index (χ0) is 21.1. The van der Waals surface area contributed by atoms with Crippen LogP contribution in [0.4, 0.5) is 13.2 Å². The second kappa shape index (κ2) is 8.03. The van der Waals surface area contributed by atoms with Crippen molar-refractivity contribution in [2.24, 2.45) is 0 Å². The molecule has 4 aromatic rings. The van der Waals surface area contributed by atoms with Crippen LogP contribution in [0.5, 0.6) is 11.6 Å². The van der Waals surface area contributed by atoms with Gasteiger partial charge in [0.2, 0.25) is 5.88 Å². The third-order valence-corrected chi connectivity index (χ3v) is 4.25. The highest BCUT2D eigenvalue weighted by molar-refractivity contribution is 5.92. The lowest BCUT2D eigenvalue weighted by Gasteiger charge is -2.15. The maximum atomic E-state index is 14.1. The summed E-state index contributed by atoms with van der Waals surface area (Å²) in [5, 5.41) is 0. The van der Waals surface area contributed by atoms with Gasteiger partial charge in [0.1, 0.15) is 23.9 Å². The topological polar surface area (TPSA) is 70.0 Å². The Hall–Kier alpha value is -3.59. The van der Waals surface area contributed by atoms with Gasteiger partial charge in [0, 0.05) is 42.9 Å². The summed E-state index contributed by atoms with van der Waals surface area (Å²) >= 11 is 0. The van der Waals surface area contributed by atoms with Gasteiger partial charge in [0.05, 0.1) is 17.2 Å². The number of aromatic nitrogens is 4. The van der Waals surface area contributed by atoms with Gasteiger partial charge in [-0.3, -0.25) is 15.0 Å². The lowest BCUT2D eigenvalue weighted by molar-refractivity contribution is -0.0731. The Kier molecular flexibility index (Phi) is 5.28. The lowest BCUT2D eigenvalue weighted by atomic mass is 10.0. The summed E-state index contributed by atoms with van der Waals surface area (Å²) in [6.07, 6.45) is 5.64. The number of halogens is 3. The second-order valence-electron chi connectivity index (χ2n) is 6.35. The van der Waals surface area contributed by atoms with Crippen LogP contribution in [0.2, 0.25) is 0 Å². The fourth-order valence-corrected chi connectivity index (χ4v) is 2.95. The van der Waals surface area contributed by atoms with Crippen LogP contribution in [0, 0.1) is 5.82 Å². The summed E-state index contributed by atoms with van der Waals surface area (Å²) in [5.74, 6) is -3.37. The van der Waals surface area contributed by atoms with Gasteiger partial charge in [-0.05, 0) is 30.3 Å². The fraction of sp³-hybridized carbons (Fsp3) is 0.143. The van der Waals surface area contributed by atoms with E-state index in [1.807, 2.05) is 0 Å². The minimum atomic E-state index is -3.22. The maximum absolute atomic E-state index is 14.1. The highest BCUT2D eigenvalue weighted by Crippen LogP contribution is 2.35. The highest BCUT2D eigenvalue weighted by atomic mass is 19.3. The van der Waals surface area contributed by atoms with E-state index in [2.05, 4.69) is 24.7 Å². The Morgan fingerprint density at radius 3 is 2.53 bits per heavy atom. The molecule has 0 amide bonds. The van der Waals surface area contributed by atoms with Gasteiger partial charge in [-0.1, -0.05) is 0 Å². The molecule has 0 saturated heterocycles. The molecule has 0 radical (unpaired) electrons. The molecule has 30 heavy (non-hydrogen) atoms. The molecule has 3 aromatic heterocycles. The lowest BCUT2D eigenvalue weighted by Crippen LogP contribution is -2.21. The van der Waals surface area contributed by atoms with Crippen molar-refractivity contribution in [1.29, 1.82) is 0 Å². The van der Waals surface area contributed by atoms with Crippen molar-refractivity contribution in [1.82, 2.24) is 19.9 Å². The smallest absolute Gasteiger partial charge is 0.312 e. The molecule has 0 fully saturated rings. The van der Waals surface area contributed by atoms with Gasteiger partial charge in [0.25, 0.3) is 0 Å². The first-order valence-corrected chi connectivity index (χ1v) is 8.85. The highest BCUT2D eigenvalue weighted by Gasteiger charge is 2.33. The minimum Gasteiger partial charge on any atom is -0.437 e. The molecule has 1 aromatic carbocycles. The number of rotatable bonds is 6. The molecule has 0 aliphatic heterocycles. The van der Waals surface area contributed by atoms with Crippen LogP contribution in [-0.2, 0) is 10.7 Å². The number of hydrogen-bond donors (Lipinski definition) is 0. The molecule has 6 nitrogen and oxygen atoms in total. The van der Waals surface area contributed by atoms with Crippen LogP contribution in [0.25, 0.3) is 22.2 Å². The second-order valence-corrected chi connectivity index (χ2v) is 6.35. The molecule has 0 N–H and O–H groups in total. The zero-order valence-electron chi connectivity index (χ0n) is 15.7. The van der Waals surface area contributed by atoms with Gasteiger partial charge in [0.15, 0.2) is 0 Å². The van der Waals surface area contributed by atoms with Crippen LogP contribution in [0.1, 0.15) is 5.69 Å². The molecule has 0 aliphatic rings. The van der Waals surface area contributed by atoms with Crippen molar-refractivity contribution in [3.8, 4) is 22.8 Å². The van der Waals surface area contributed by atoms with Crippen LogP contribution >= 0.6 is 0 Å². The number of hydrogen-bond acceptors (Lipinski definition) is 6. The van der Waals surface area contributed by atoms with E-state index in [1.165, 1.54) is 50.1 Å². The van der Waals surface area contributed by atoms with Crippen LogP contribution in [0.3, 0.4) is 0 Å². The molecule has 0 spiro atoms. The molecule has 0 aliphatic carbocycles. The number of ether oxygens (including phenoxy) is 2. The van der Waals surface area contributed by atoms with Crippen LogP contribution in [0.15, 0.2) is 61.2 Å². The standard InChI is InChI=1S/C21H15F3N4O2/c1-29-12-21(23,24)18-5-4-14(11-28-18)30-20-15(3-2-6-27-20)16-9-13(22)10-17-19(16)26-8-7-25-17/h2-11H,12H2,1H3. The maximum Gasteiger partial charge on any atom is 0.312 e. The molecular weight excluding hydrogens is 397 g/mol. The first-order chi connectivity index (χ1) is 14.5. The third kappa shape index (κ3) is 3.92. The quantitative estimate of drug-likeness (QED) is 0.455. The molecule has 9 heteroatoms. The Morgan fingerprint density at radius 1 is 0.933 bits per heavy atom. The van der Waals surface area contributed by atoms with E-state index in [-0.39, 0.29) is 11.6 Å². The van der Waals surface area contributed by atoms with E-state index in [4.69, 9.17) is 4.74 Å². The van der Waals surface area contributed by atoms with Crippen molar-refractivity contribution >= 4 is 11.0 Å². The number of fused-ring (bicyclic) bond motifs is 1. The molecule has 152 valence electrons. The Balaban J connectivity index is 1.71. The first kappa shape index (κ1) is 19.7. The van der Waals surface area contributed by atoms with E-state index >= 15 is 0 Å². The van der Waals surface area contributed by atoms with Crippen LogP contribution in [-0.4, -0.2) is 33.7 Å². The van der Waals surface area contributed by atoms with Crippen molar-refractivity contribution < 1.29 is 22.6 Å². The van der Waals surface area contributed by atoms with E-state index in [1.54, 1.807) is 12.1 Å². The summed E-state index contributed by atoms with van der Waals surface area (Å²) in [7, 11) is 1.19. The SMILES string of the molecule is COCC(F)(F)c1ccc(Oc2ncccc2-c2cc(F)cc3nccnc23)cn1. The molecule has 0 saturated carbocycles. The molecule has 4 rings (SSSR count). The molecule has 0 atom stereocenters. The Morgan fingerprint density at radius 2 is 1.77 bits per heavy atom. The van der Waals surface area contributed by atoms with Crippen molar-refractivity contribution in [3.05, 3.63) is 72.7 Å². The monoisotopic (exact) mass is 412 g/mol. The van der Waals surface area contributed by atoms with E-state index < -0.39 is 24.0 Å². The van der Waals surface area contributed by atoms with Gasteiger partial charge < -0.3 is 9.47 Å². The fourth-order valence-electron chi connectivity index (χ4n) is 2.95. The van der Waals surface area contributed by atoms with Crippen molar-refractivity contribution in [3.63, 3.8) is 0 Å². The van der Waals surface area contributed by atoms with E-state index in [9.17, 15) is 13.2 Å². The zero-order valence-corrected chi connectivity index (χ0v) is 15.7. The molecule has 3 heterocycles. The summed E-state index contributed by atoms with van der Waals surface area (Å²) in [4.78, 5) is 16.4. The number of methoxy groups -OCH3 is 1. The van der Waals surface area contributed by atoms with Gasteiger partial charge >= 0.3 is 5.92 Å². The Bertz CT molecular complexity index is 1190. The van der Waals surface area contributed by atoms with Crippen molar-refractivity contribution in [2.75, 3.05) is 13.7 Å². The normalized spacial score (nSPS) is 11.6.